The molecule has 4 fully saturated rings. The largest absolute Gasteiger partial charge is 0.393 e. The molecule has 4 rings (SSSR count). The van der Waals surface area contributed by atoms with E-state index in [1.807, 2.05) is 0 Å². The first-order valence-electron chi connectivity index (χ1n) is 9.45. The maximum atomic E-state index is 15.1. The van der Waals surface area contributed by atoms with Gasteiger partial charge in [-0.15, -0.1) is 0 Å². The van der Waals surface area contributed by atoms with E-state index in [0.717, 1.165) is 25.7 Å². The Morgan fingerprint density at radius 1 is 0.957 bits per heavy atom. The molecule has 4 aliphatic rings. The Kier molecular flexibility index (Phi) is 3.48. The summed E-state index contributed by atoms with van der Waals surface area (Å²) in [6.45, 7) is 4.25. The van der Waals surface area contributed by atoms with E-state index in [0.29, 0.717) is 31.1 Å². The van der Waals surface area contributed by atoms with Crippen LogP contribution in [-0.2, 0) is 0 Å². The molecule has 0 spiro atoms. The van der Waals surface area contributed by atoms with Crippen LogP contribution in [0.5, 0.6) is 0 Å². The lowest BCUT2D eigenvalue weighted by Crippen LogP contribution is -2.67. The predicted octanol–water partition coefficient (Wildman–Crippen LogP) is 2.81. The summed E-state index contributed by atoms with van der Waals surface area (Å²) in [5.74, 6) is 0.958. The molecule has 4 saturated carbocycles. The Morgan fingerprint density at radius 3 is 2.43 bits per heavy atom. The smallest absolute Gasteiger partial charge is 0.130 e. The van der Waals surface area contributed by atoms with Gasteiger partial charge in [-0.25, -0.2) is 4.39 Å². The number of aliphatic hydroxyl groups excluding tert-OH is 2. The van der Waals surface area contributed by atoms with Gasteiger partial charge in [-0.05, 0) is 68.1 Å². The fourth-order valence-corrected chi connectivity index (χ4v) is 7.18. The molecule has 0 aromatic rings. The van der Waals surface area contributed by atoms with Gasteiger partial charge in [-0.2, -0.15) is 0 Å². The van der Waals surface area contributed by atoms with E-state index in [4.69, 9.17) is 0 Å². The number of hydrogen-bond acceptors (Lipinski definition) is 3. The van der Waals surface area contributed by atoms with E-state index < -0.39 is 23.3 Å². The normalized spacial score (nSPS) is 62.3. The lowest BCUT2D eigenvalue weighted by atomic mass is 9.43. The summed E-state index contributed by atoms with van der Waals surface area (Å²) < 4.78 is 15.1. The standard InChI is InChI=1S/C19H31FO3/c1-17-7-6-14-12(13(17)3-4-16(17)22)9-15(20)19(23)10-11(21)5-8-18(14,19)2/h11-16,21-23H,3-10H2,1-2H3/t11-,12-,13-,14-,15+,16-,17+,18-,19+/m1/s1. The highest BCUT2D eigenvalue weighted by molar-refractivity contribution is 5.17. The van der Waals surface area contributed by atoms with Crippen molar-refractivity contribution in [3.8, 4) is 0 Å². The van der Waals surface area contributed by atoms with Crippen LogP contribution in [0.25, 0.3) is 0 Å². The van der Waals surface area contributed by atoms with Crippen LogP contribution in [-0.4, -0.2) is 39.3 Å². The molecule has 9 atom stereocenters. The quantitative estimate of drug-likeness (QED) is 0.641. The van der Waals surface area contributed by atoms with Gasteiger partial charge in [0, 0.05) is 11.8 Å². The second-order valence-corrected chi connectivity index (χ2v) is 9.46. The van der Waals surface area contributed by atoms with Crippen LogP contribution in [0.15, 0.2) is 0 Å². The fraction of sp³-hybridized carbons (Fsp3) is 1.00. The molecule has 132 valence electrons. The fourth-order valence-electron chi connectivity index (χ4n) is 7.18. The zero-order chi connectivity index (χ0) is 16.6. The van der Waals surface area contributed by atoms with E-state index in [9.17, 15) is 15.3 Å². The Bertz CT molecular complexity index is 499. The monoisotopic (exact) mass is 326 g/mol. The Hall–Kier alpha value is -0.190. The van der Waals surface area contributed by atoms with Gasteiger partial charge in [0.1, 0.15) is 11.8 Å². The second kappa shape index (κ2) is 4.92. The van der Waals surface area contributed by atoms with Crippen LogP contribution in [0.2, 0.25) is 0 Å². The van der Waals surface area contributed by atoms with Crippen molar-refractivity contribution in [2.45, 2.75) is 89.2 Å². The minimum absolute atomic E-state index is 0.0686. The van der Waals surface area contributed by atoms with E-state index in [1.54, 1.807) is 0 Å². The van der Waals surface area contributed by atoms with Crippen LogP contribution in [0.3, 0.4) is 0 Å². The first-order valence-corrected chi connectivity index (χ1v) is 9.45. The minimum Gasteiger partial charge on any atom is -0.393 e. The summed E-state index contributed by atoms with van der Waals surface area (Å²) in [4.78, 5) is 0. The van der Waals surface area contributed by atoms with Gasteiger partial charge in [-0.1, -0.05) is 13.8 Å². The Morgan fingerprint density at radius 2 is 1.70 bits per heavy atom. The summed E-state index contributed by atoms with van der Waals surface area (Å²) in [7, 11) is 0. The molecule has 0 aliphatic heterocycles. The lowest BCUT2D eigenvalue weighted by molar-refractivity contribution is -0.250. The zero-order valence-electron chi connectivity index (χ0n) is 14.3. The second-order valence-electron chi connectivity index (χ2n) is 9.46. The van der Waals surface area contributed by atoms with Crippen molar-refractivity contribution in [3.05, 3.63) is 0 Å². The van der Waals surface area contributed by atoms with Gasteiger partial charge in [0.2, 0.25) is 0 Å². The van der Waals surface area contributed by atoms with Crippen molar-refractivity contribution in [1.29, 1.82) is 0 Å². The first-order chi connectivity index (χ1) is 10.7. The van der Waals surface area contributed by atoms with Crippen LogP contribution in [0.4, 0.5) is 4.39 Å². The molecule has 0 heterocycles. The highest BCUT2D eigenvalue weighted by atomic mass is 19.1. The molecule has 0 aromatic heterocycles. The number of aliphatic hydroxyl groups is 3. The van der Waals surface area contributed by atoms with Crippen molar-refractivity contribution >= 4 is 0 Å². The molecule has 0 radical (unpaired) electrons. The highest BCUT2D eigenvalue weighted by Gasteiger charge is 2.67. The van der Waals surface area contributed by atoms with Gasteiger partial charge in [0.15, 0.2) is 0 Å². The summed E-state index contributed by atoms with van der Waals surface area (Å²) in [5.41, 5.74) is -1.89. The SMILES string of the molecule is C[C@]12CC[C@@H]3[C@H](C[C@H](F)[C@@]4(O)C[C@H](O)CC[C@]34C)[C@H]1CC[C@H]2O. The number of fused-ring (bicyclic) bond motifs is 5. The van der Waals surface area contributed by atoms with Crippen LogP contribution < -0.4 is 0 Å². The van der Waals surface area contributed by atoms with Gasteiger partial charge >= 0.3 is 0 Å². The van der Waals surface area contributed by atoms with Crippen LogP contribution in [0, 0.1) is 28.6 Å². The topological polar surface area (TPSA) is 60.7 Å². The molecule has 0 unspecified atom stereocenters. The highest BCUT2D eigenvalue weighted by Crippen LogP contribution is 2.67. The van der Waals surface area contributed by atoms with Crippen molar-refractivity contribution < 1.29 is 19.7 Å². The maximum Gasteiger partial charge on any atom is 0.130 e. The van der Waals surface area contributed by atoms with E-state index in [1.165, 1.54) is 0 Å². The zero-order valence-corrected chi connectivity index (χ0v) is 14.3. The molecule has 4 aliphatic carbocycles. The average Bonchev–Trinajstić information content (AvgIpc) is 2.79. The van der Waals surface area contributed by atoms with E-state index >= 15 is 4.39 Å². The predicted molar refractivity (Wildman–Crippen MR) is 85.5 cm³/mol. The van der Waals surface area contributed by atoms with E-state index in [-0.39, 0.29) is 23.9 Å². The van der Waals surface area contributed by atoms with Crippen molar-refractivity contribution in [3.63, 3.8) is 0 Å². The minimum atomic E-state index is -1.38. The summed E-state index contributed by atoms with van der Waals surface area (Å²) >= 11 is 0. The van der Waals surface area contributed by atoms with Gasteiger partial charge in [-0.3, -0.25) is 0 Å². The number of alkyl halides is 1. The van der Waals surface area contributed by atoms with E-state index in [2.05, 4.69) is 13.8 Å². The summed E-state index contributed by atoms with van der Waals surface area (Å²) in [5, 5.41) is 31.7. The third-order valence-corrected chi connectivity index (χ3v) is 8.74. The Balaban J connectivity index is 1.71. The molecule has 3 nitrogen and oxygen atoms in total. The van der Waals surface area contributed by atoms with Gasteiger partial charge in [0.25, 0.3) is 0 Å². The van der Waals surface area contributed by atoms with Crippen molar-refractivity contribution in [2.75, 3.05) is 0 Å². The molecule has 0 saturated heterocycles. The van der Waals surface area contributed by atoms with Crippen molar-refractivity contribution in [1.82, 2.24) is 0 Å². The molecule has 0 amide bonds. The number of halogens is 1. The molecular formula is C19H31FO3. The molecule has 0 aromatic carbocycles. The lowest BCUT2D eigenvalue weighted by Gasteiger charge is -2.64. The third-order valence-electron chi connectivity index (χ3n) is 8.74. The molecule has 0 bridgehead atoms. The summed E-state index contributed by atoms with van der Waals surface area (Å²) in [6, 6.07) is 0. The molecular weight excluding hydrogens is 295 g/mol. The third kappa shape index (κ3) is 1.92. The number of rotatable bonds is 0. The molecule has 3 N–H and O–H groups in total. The molecule has 23 heavy (non-hydrogen) atoms. The Labute approximate surface area is 138 Å². The van der Waals surface area contributed by atoms with Gasteiger partial charge < -0.3 is 15.3 Å². The average molecular weight is 326 g/mol. The molecule has 4 heteroatoms. The summed E-state index contributed by atoms with van der Waals surface area (Å²) in [6.07, 6.45) is 3.62. The van der Waals surface area contributed by atoms with Crippen LogP contribution >= 0.6 is 0 Å². The van der Waals surface area contributed by atoms with Crippen LogP contribution in [0.1, 0.15) is 65.2 Å². The van der Waals surface area contributed by atoms with Crippen molar-refractivity contribution in [2.24, 2.45) is 28.6 Å². The number of hydrogen-bond donors (Lipinski definition) is 3. The first kappa shape index (κ1) is 16.3. The maximum absolute atomic E-state index is 15.1. The van der Waals surface area contributed by atoms with Gasteiger partial charge in [0.05, 0.1) is 12.2 Å².